The minimum Gasteiger partial charge on any atom is -0.394 e. The quantitative estimate of drug-likeness (QED) is 0.763. The Balaban J connectivity index is 2.38. The average molecular weight is 261 g/mol. The summed E-state index contributed by atoms with van der Waals surface area (Å²) in [6.07, 6.45) is -0.761. The first kappa shape index (κ1) is 13.5. The summed E-state index contributed by atoms with van der Waals surface area (Å²) >= 11 is 7.00. The highest BCUT2D eigenvalue weighted by Crippen LogP contribution is 2.12. The molecule has 1 aromatic rings. The Kier molecular flexibility index (Phi) is 5.84. The normalized spacial score (nSPS) is 12.4. The van der Waals surface area contributed by atoms with Crippen LogP contribution in [-0.2, 0) is 0 Å². The number of rotatable bonds is 6. The van der Waals surface area contributed by atoms with E-state index in [0.717, 1.165) is 0 Å². The van der Waals surface area contributed by atoms with E-state index in [1.807, 2.05) is 0 Å². The molecule has 0 amide bonds. The predicted molar refractivity (Wildman–Crippen MR) is 66.2 cm³/mol. The van der Waals surface area contributed by atoms with Crippen molar-refractivity contribution in [2.24, 2.45) is 0 Å². The smallest absolute Gasteiger partial charge is 0.172 e. The van der Waals surface area contributed by atoms with E-state index in [9.17, 15) is 4.79 Å². The molecule has 1 unspecified atom stereocenters. The molecule has 0 fully saturated rings. The summed E-state index contributed by atoms with van der Waals surface area (Å²) in [6, 6.07) is 6.69. The van der Waals surface area contributed by atoms with E-state index in [0.29, 0.717) is 22.1 Å². The van der Waals surface area contributed by atoms with Crippen molar-refractivity contribution >= 4 is 29.1 Å². The number of aliphatic hydroxyl groups is 2. The maximum Gasteiger partial charge on any atom is 0.172 e. The highest BCUT2D eigenvalue weighted by atomic mass is 35.5. The van der Waals surface area contributed by atoms with Crippen LogP contribution in [0.5, 0.6) is 0 Å². The Morgan fingerprint density at radius 1 is 1.38 bits per heavy atom. The molecule has 88 valence electrons. The summed E-state index contributed by atoms with van der Waals surface area (Å²) in [5, 5.41) is 18.3. The van der Waals surface area contributed by atoms with E-state index >= 15 is 0 Å². The third-order valence-corrected chi connectivity index (χ3v) is 3.26. The van der Waals surface area contributed by atoms with Crippen molar-refractivity contribution in [3.63, 3.8) is 0 Å². The Bertz CT molecular complexity index is 340. The van der Waals surface area contributed by atoms with Gasteiger partial charge in [0, 0.05) is 16.3 Å². The van der Waals surface area contributed by atoms with Crippen LogP contribution in [0.15, 0.2) is 24.3 Å². The first-order valence-electron chi connectivity index (χ1n) is 4.79. The predicted octanol–water partition coefficient (Wildman–Crippen LogP) is 1.61. The zero-order valence-electron chi connectivity index (χ0n) is 8.60. The summed E-state index contributed by atoms with van der Waals surface area (Å²) in [5.41, 5.74) is 0.607. The Morgan fingerprint density at radius 2 is 2.00 bits per heavy atom. The van der Waals surface area contributed by atoms with Gasteiger partial charge in [0.05, 0.1) is 18.5 Å². The molecule has 1 aromatic carbocycles. The fourth-order valence-electron chi connectivity index (χ4n) is 1.06. The largest absolute Gasteiger partial charge is 0.394 e. The number of benzene rings is 1. The van der Waals surface area contributed by atoms with Gasteiger partial charge in [0.15, 0.2) is 5.78 Å². The molecule has 2 N–H and O–H groups in total. The van der Waals surface area contributed by atoms with Crippen LogP contribution in [0.2, 0.25) is 5.02 Å². The monoisotopic (exact) mass is 260 g/mol. The van der Waals surface area contributed by atoms with Crippen LogP contribution in [0.25, 0.3) is 0 Å². The maximum absolute atomic E-state index is 11.6. The lowest BCUT2D eigenvalue weighted by molar-refractivity contribution is 0.102. The third kappa shape index (κ3) is 4.53. The number of thioether (sulfide) groups is 1. The van der Waals surface area contributed by atoms with Crippen molar-refractivity contribution in [3.8, 4) is 0 Å². The van der Waals surface area contributed by atoms with Gasteiger partial charge in [-0.05, 0) is 24.3 Å². The van der Waals surface area contributed by atoms with Crippen molar-refractivity contribution < 1.29 is 15.0 Å². The second-order valence-electron chi connectivity index (χ2n) is 3.28. The Morgan fingerprint density at radius 3 is 2.56 bits per heavy atom. The minimum absolute atomic E-state index is 0.00759. The molecule has 0 spiro atoms. The Hall–Kier alpha value is -0.550. The van der Waals surface area contributed by atoms with Crippen molar-refractivity contribution in [2.75, 3.05) is 18.1 Å². The van der Waals surface area contributed by atoms with E-state index in [1.165, 1.54) is 11.8 Å². The number of ketones is 1. The maximum atomic E-state index is 11.6. The molecule has 0 aromatic heterocycles. The van der Waals surface area contributed by atoms with E-state index in [2.05, 4.69) is 0 Å². The molecular formula is C11H13ClO3S. The average Bonchev–Trinajstić information content (AvgIpc) is 2.29. The molecule has 16 heavy (non-hydrogen) atoms. The minimum atomic E-state index is -0.761. The van der Waals surface area contributed by atoms with Crippen molar-refractivity contribution in [3.05, 3.63) is 34.9 Å². The fraction of sp³-hybridized carbons (Fsp3) is 0.364. The molecule has 0 saturated heterocycles. The molecule has 1 atom stereocenters. The van der Waals surface area contributed by atoms with Crippen LogP contribution in [0.3, 0.4) is 0 Å². The lowest BCUT2D eigenvalue weighted by Crippen LogP contribution is -2.16. The molecule has 0 saturated carbocycles. The van der Waals surface area contributed by atoms with E-state index in [4.69, 9.17) is 21.8 Å². The number of carbonyl (C=O) groups is 1. The number of hydrogen-bond donors (Lipinski definition) is 2. The van der Waals surface area contributed by atoms with Crippen molar-refractivity contribution in [1.82, 2.24) is 0 Å². The summed E-state index contributed by atoms with van der Waals surface area (Å²) < 4.78 is 0. The van der Waals surface area contributed by atoms with Gasteiger partial charge in [0.2, 0.25) is 0 Å². The van der Waals surface area contributed by atoms with Gasteiger partial charge in [0.1, 0.15) is 0 Å². The lowest BCUT2D eigenvalue weighted by Gasteiger charge is -2.05. The van der Waals surface area contributed by atoms with Gasteiger partial charge in [0.25, 0.3) is 0 Å². The molecule has 0 aliphatic heterocycles. The van der Waals surface area contributed by atoms with Gasteiger partial charge < -0.3 is 10.2 Å². The van der Waals surface area contributed by atoms with E-state index in [1.54, 1.807) is 24.3 Å². The van der Waals surface area contributed by atoms with Crippen LogP contribution in [0.1, 0.15) is 10.4 Å². The van der Waals surface area contributed by atoms with E-state index in [-0.39, 0.29) is 12.4 Å². The molecule has 0 aliphatic carbocycles. The number of Topliss-reactive ketones (excluding diaryl/α,β-unsaturated/α-hetero) is 1. The van der Waals surface area contributed by atoms with Crippen LogP contribution in [0.4, 0.5) is 0 Å². The van der Waals surface area contributed by atoms with Gasteiger partial charge in [-0.3, -0.25) is 4.79 Å². The molecule has 0 heterocycles. The topological polar surface area (TPSA) is 57.5 Å². The van der Waals surface area contributed by atoms with Crippen molar-refractivity contribution in [2.45, 2.75) is 6.10 Å². The summed E-state index contributed by atoms with van der Waals surface area (Å²) in [6.45, 7) is -0.276. The standard InChI is InChI=1S/C11H13ClO3S/c12-9-3-1-8(2-4-9)11(15)7-16-6-10(14)5-13/h1-4,10,13-14H,5-7H2. The molecule has 1 rings (SSSR count). The van der Waals surface area contributed by atoms with Crippen molar-refractivity contribution in [1.29, 1.82) is 0 Å². The first-order valence-corrected chi connectivity index (χ1v) is 6.32. The molecule has 3 nitrogen and oxygen atoms in total. The SMILES string of the molecule is O=C(CSCC(O)CO)c1ccc(Cl)cc1. The van der Waals surface area contributed by atoms with Gasteiger partial charge in [-0.25, -0.2) is 0 Å². The second-order valence-corrected chi connectivity index (χ2v) is 4.75. The number of hydrogen-bond acceptors (Lipinski definition) is 4. The van der Waals surface area contributed by atoms with E-state index < -0.39 is 6.10 Å². The molecular weight excluding hydrogens is 248 g/mol. The van der Waals surface area contributed by atoms with Gasteiger partial charge in [-0.2, -0.15) is 11.8 Å². The van der Waals surface area contributed by atoms with Gasteiger partial charge >= 0.3 is 0 Å². The third-order valence-electron chi connectivity index (χ3n) is 1.92. The van der Waals surface area contributed by atoms with Gasteiger partial charge in [-0.1, -0.05) is 11.6 Å². The molecule has 0 aliphatic rings. The zero-order valence-corrected chi connectivity index (χ0v) is 10.2. The highest BCUT2D eigenvalue weighted by Gasteiger charge is 2.07. The second kappa shape index (κ2) is 6.91. The molecule has 0 radical (unpaired) electrons. The number of carbonyl (C=O) groups excluding carboxylic acids is 1. The molecule has 5 heteroatoms. The van der Waals surface area contributed by atoms with Crippen LogP contribution < -0.4 is 0 Å². The Labute approximate surface area is 103 Å². The zero-order chi connectivity index (χ0) is 12.0. The van der Waals surface area contributed by atoms with Gasteiger partial charge in [-0.15, -0.1) is 0 Å². The molecule has 0 bridgehead atoms. The fourth-order valence-corrected chi connectivity index (χ4v) is 2.03. The first-order chi connectivity index (χ1) is 7.63. The summed E-state index contributed by atoms with van der Waals surface area (Å²) in [5.74, 6) is 0.640. The van der Waals surface area contributed by atoms with Crippen LogP contribution in [0, 0.1) is 0 Å². The summed E-state index contributed by atoms with van der Waals surface area (Å²) in [7, 11) is 0. The van der Waals surface area contributed by atoms with Crippen LogP contribution >= 0.6 is 23.4 Å². The number of halogens is 1. The summed E-state index contributed by atoms with van der Waals surface area (Å²) in [4.78, 5) is 11.6. The van der Waals surface area contributed by atoms with Crippen LogP contribution in [-0.4, -0.2) is 40.2 Å². The number of aliphatic hydroxyl groups excluding tert-OH is 2. The lowest BCUT2D eigenvalue weighted by atomic mass is 10.1. The highest BCUT2D eigenvalue weighted by molar-refractivity contribution is 8.00.